The molecule has 0 aromatic carbocycles. The summed E-state index contributed by atoms with van der Waals surface area (Å²) in [6.07, 6.45) is 0.631. The fourth-order valence-electron chi connectivity index (χ4n) is 2.06. The Morgan fingerprint density at radius 3 is 2.75 bits per heavy atom. The first kappa shape index (κ1) is 14.6. The zero-order valence-corrected chi connectivity index (χ0v) is 12.5. The largest absolute Gasteiger partial charge is 0.444 e. The Labute approximate surface area is 119 Å². The van der Waals surface area contributed by atoms with Crippen LogP contribution < -0.4 is 5.32 Å². The number of amides is 1. The molecular weight excluding hydrogens is 256 g/mol. The van der Waals surface area contributed by atoms with Gasteiger partial charge in [0, 0.05) is 19.1 Å². The van der Waals surface area contributed by atoms with Crippen molar-refractivity contribution >= 4 is 11.9 Å². The van der Waals surface area contributed by atoms with E-state index >= 15 is 0 Å². The van der Waals surface area contributed by atoms with Crippen LogP contribution in [0.4, 0.5) is 10.6 Å². The fourth-order valence-corrected chi connectivity index (χ4v) is 2.06. The van der Waals surface area contributed by atoms with Crippen LogP contribution in [0.15, 0.2) is 12.1 Å². The average Bonchev–Trinajstić information content (AvgIpc) is 2.79. The van der Waals surface area contributed by atoms with Crippen molar-refractivity contribution in [2.45, 2.75) is 45.8 Å². The molecule has 0 radical (unpaired) electrons. The van der Waals surface area contributed by atoms with Gasteiger partial charge in [-0.3, -0.25) is 0 Å². The number of hydrogen-bond donors (Lipinski definition) is 1. The van der Waals surface area contributed by atoms with Gasteiger partial charge in [0.1, 0.15) is 11.4 Å². The van der Waals surface area contributed by atoms with Crippen LogP contribution >= 0.6 is 0 Å². The van der Waals surface area contributed by atoms with Crippen molar-refractivity contribution in [3.8, 4) is 0 Å². The van der Waals surface area contributed by atoms with E-state index in [1.165, 1.54) is 0 Å². The van der Waals surface area contributed by atoms with Crippen molar-refractivity contribution in [1.82, 2.24) is 15.1 Å². The number of aryl methyl sites for hydroxylation is 1. The van der Waals surface area contributed by atoms with Gasteiger partial charge >= 0.3 is 6.09 Å². The maximum absolute atomic E-state index is 12.0. The van der Waals surface area contributed by atoms with E-state index in [0.29, 0.717) is 13.1 Å². The molecule has 1 aliphatic rings. The van der Waals surface area contributed by atoms with Crippen LogP contribution in [0.1, 0.15) is 32.9 Å². The second-order valence-electron chi connectivity index (χ2n) is 6.12. The maximum atomic E-state index is 12.0. The number of nitrogens with zero attached hydrogens (tertiary/aromatic N) is 3. The average molecular weight is 278 g/mol. The molecule has 0 bridgehead atoms. The molecule has 1 fully saturated rings. The molecule has 110 valence electrons. The van der Waals surface area contributed by atoms with Gasteiger partial charge in [0.15, 0.2) is 0 Å². The van der Waals surface area contributed by atoms with Gasteiger partial charge in [0.2, 0.25) is 0 Å². The molecule has 1 aliphatic heterocycles. The summed E-state index contributed by atoms with van der Waals surface area (Å²) in [7, 11) is 0. The van der Waals surface area contributed by atoms with Gasteiger partial charge in [-0.2, -0.15) is 5.10 Å². The SMILES string of the molecule is Cc1ccc(NC2CCN(C(=O)OC(C)(C)C)C2)nn1. The highest BCUT2D eigenvalue weighted by Gasteiger charge is 2.29. The second-order valence-corrected chi connectivity index (χ2v) is 6.12. The first-order valence-corrected chi connectivity index (χ1v) is 6.88. The number of aromatic nitrogens is 2. The zero-order chi connectivity index (χ0) is 14.8. The molecule has 1 unspecified atom stereocenters. The monoisotopic (exact) mass is 278 g/mol. The Hall–Kier alpha value is -1.85. The number of nitrogens with one attached hydrogen (secondary N) is 1. The predicted octanol–water partition coefficient (Wildman–Crippen LogP) is 2.21. The van der Waals surface area contributed by atoms with Crippen molar-refractivity contribution in [2.75, 3.05) is 18.4 Å². The fraction of sp³-hybridized carbons (Fsp3) is 0.643. The summed E-state index contributed by atoms with van der Waals surface area (Å²) < 4.78 is 5.37. The van der Waals surface area contributed by atoms with Crippen molar-refractivity contribution < 1.29 is 9.53 Å². The van der Waals surface area contributed by atoms with E-state index < -0.39 is 5.60 Å². The first-order valence-electron chi connectivity index (χ1n) is 6.88. The lowest BCUT2D eigenvalue weighted by Crippen LogP contribution is -2.36. The van der Waals surface area contributed by atoms with Crippen molar-refractivity contribution in [2.24, 2.45) is 0 Å². The highest BCUT2D eigenvalue weighted by atomic mass is 16.6. The smallest absolute Gasteiger partial charge is 0.410 e. The summed E-state index contributed by atoms with van der Waals surface area (Å²) in [6, 6.07) is 4.01. The van der Waals surface area contributed by atoms with E-state index in [1.54, 1.807) is 4.90 Å². The molecule has 6 nitrogen and oxygen atoms in total. The quantitative estimate of drug-likeness (QED) is 0.898. The number of anilines is 1. The highest BCUT2D eigenvalue weighted by molar-refractivity contribution is 5.68. The molecule has 6 heteroatoms. The van der Waals surface area contributed by atoms with Crippen LogP contribution in [0.3, 0.4) is 0 Å². The Morgan fingerprint density at radius 2 is 2.15 bits per heavy atom. The normalized spacial score (nSPS) is 19.0. The minimum atomic E-state index is -0.453. The van der Waals surface area contributed by atoms with E-state index in [4.69, 9.17) is 4.74 Å². The van der Waals surface area contributed by atoms with E-state index in [2.05, 4.69) is 15.5 Å². The first-order chi connectivity index (χ1) is 9.33. The molecule has 1 aromatic heterocycles. The highest BCUT2D eigenvalue weighted by Crippen LogP contribution is 2.17. The number of likely N-dealkylation sites (tertiary alicyclic amines) is 1. The van der Waals surface area contributed by atoms with Gasteiger partial charge < -0.3 is 15.0 Å². The van der Waals surface area contributed by atoms with Gasteiger partial charge in [-0.05, 0) is 46.2 Å². The minimum absolute atomic E-state index is 0.194. The predicted molar refractivity (Wildman–Crippen MR) is 76.6 cm³/mol. The molecule has 0 saturated carbocycles. The standard InChI is InChI=1S/C14H22N4O2/c1-10-5-6-12(17-16-10)15-11-7-8-18(9-11)13(19)20-14(2,3)4/h5-6,11H,7-9H2,1-4H3,(H,15,17). The molecule has 1 N–H and O–H groups in total. The number of carbonyl (C=O) groups excluding carboxylic acids is 1. The van der Waals surface area contributed by atoms with Crippen molar-refractivity contribution in [1.29, 1.82) is 0 Å². The van der Waals surface area contributed by atoms with E-state index in [9.17, 15) is 4.79 Å². The summed E-state index contributed by atoms with van der Waals surface area (Å²) in [5.41, 5.74) is 0.433. The van der Waals surface area contributed by atoms with Crippen LogP contribution in [-0.2, 0) is 4.74 Å². The van der Waals surface area contributed by atoms with E-state index in [-0.39, 0.29) is 12.1 Å². The molecule has 2 rings (SSSR count). The lowest BCUT2D eigenvalue weighted by atomic mass is 10.2. The van der Waals surface area contributed by atoms with Gasteiger partial charge in [-0.15, -0.1) is 5.10 Å². The zero-order valence-electron chi connectivity index (χ0n) is 12.5. The number of rotatable bonds is 2. The van der Waals surface area contributed by atoms with Crippen LogP contribution in [0.25, 0.3) is 0 Å². The molecule has 0 aliphatic carbocycles. The molecule has 1 atom stereocenters. The van der Waals surface area contributed by atoms with Gasteiger partial charge in [0.25, 0.3) is 0 Å². The molecule has 20 heavy (non-hydrogen) atoms. The Bertz CT molecular complexity index is 467. The van der Waals surface area contributed by atoms with Gasteiger partial charge in [-0.25, -0.2) is 4.79 Å². The molecule has 1 aromatic rings. The van der Waals surface area contributed by atoms with Crippen LogP contribution in [-0.4, -0.2) is 45.9 Å². The molecule has 2 heterocycles. The third-order valence-corrected chi connectivity index (χ3v) is 2.99. The van der Waals surface area contributed by atoms with Gasteiger partial charge in [0.05, 0.1) is 5.69 Å². The topological polar surface area (TPSA) is 67.4 Å². The summed E-state index contributed by atoms with van der Waals surface area (Å²) in [6.45, 7) is 8.85. The summed E-state index contributed by atoms with van der Waals surface area (Å²) in [4.78, 5) is 13.7. The Kier molecular flexibility index (Phi) is 4.11. The Morgan fingerprint density at radius 1 is 1.40 bits per heavy atom. The van der Waals surface area contributed by atoms with E-state index in [1.807, 2.05) is 39.8 Å². The molecule has 1 saturated heterocycles. The van der Waals surface area contributed by atoms with E-state index in [0.717, 1.165) is 17.9 Å². The van der Waals surface area contributed by atoms with Crippen molar-refractivity contribution in [3.05, 3.63) is 17.8 Å². The Balaban J connectivity index is 1.86. The summed E-state index contributed by atoms with van der Waals surface area (Å²) in [5, 5.41) is 11.4. The maximum Gasteiger partial charge on any atom is 0.410 e. The van der Waals surface area contributed by atoms with Crippen molar-refractivity contribution in [3.63, 3.8) is 0 Å². The number of hydrogen-bond acceptors (Lipinski definition) is 5. The van der Waals surface area contributed by atoms with Gasteiger partial charge in [-0.1, -0.05) is 0 Å². The second kappa shape index (κ2) is 5.64. The van der Waals surface area contributed by atoms with Crippen LogP contribution in [0.2, 0.25) is 0 Å². The summed E-state index contributed by atoms with van der Waals surface area (Å²) >= 11 is 0. The third-order valence-electron chi connectivity index (χ3n) is 2.99. The minimum Gasteiger partial charge on any atom is -0.444 e. The molecule has 1 amide bonds. The number of carbonyl (C=O) groups is 1. The molecule has 0 spiro atoms. The molecular formula is C14H22N4O2. The lowest BCUT2D eigenvalue weighted by molar-refractivity contribution is 0.0293. The van der Waals surface area contributed by atoms with Crippen LogP contribution in [0, 0.1) is 6.92 Å². The lowest BCUT2D eigenvalue weighted by Gasteiger charge is -2.24. The third kappa shape index (κ3) is 4.08. The summed E-state index contributed by atoms with van der Waals surface area (Å²) in [5.74, 6) is 0.742. The van der Waals surface area contributed by atoms with Crippen LogP contribution in [0.5, 0.6) is 0 Å². The number of ether oxygens (including phenoxy) is 1.